The third-order valence-electron chi connectivity index (χ3n) is 7.20. The lowest BCUT2D eigenvalue weighted by molar-refractivity contribution is -0.239. The molecule has 2 aromatic rings. The van der Waals surface area contributed by atoms with Gasteiger partial charge in [-0.05, 0) is 43.2 Å². The normalized spacial score (nSPS) is 22.4. The van der Waals surface area contributed by atoms with Gasteiger partial charge in [-0.15, -0.1) is 5.10 Å². The topological polar surface area (TPSA) is 154 Å². The van der Waals surface area contributed by atoms with Crippen LogP contribution in [0.15, 0.2) is 30.5 Å². The van der Waals surface area contributed by atoms with Crippen LogP contribution in [0.1, 0.15) is 52.9 Å². The van der Waals surface area contributed by atoms with Crippen molar-refractivity contribution >= 4 is 17.8 Å². The maximum absolute atomic E-state index is 11.9. The molecule has 12 nitrogen and oxygen atoms in total. The van der Waals surface area contributed by atoms with Gasteiger partial charge >= 0.3 is 5.97 Å². The number of nitrogens with one attached hydrogen (secondary N) is 2. The molecule has 12 heteroatoms. The molecule has 40 heavy (non-hydrogen) atoms. The number of unbranched alkanes of at least 4 members (excludes halogenated alkanes) is 1. The predicted octanol–water partition coefficient (Wildman–Crippen LogP) is 2.62. The zero-order valence-electron chi connectivity index (χ0n) is 23.7. The number of hydrogen-bond acceptors (Lipinski definition) is 8. The van der Waals surface area contributed by atoms with E-state index in [1.54, 1.807) is 11.8 Å². The first-order valence-corrected chi connectivity index (χ1v) is 13.7. The van der Waals surface area contributed by atoms with Crippen LogP contribution < -0.4 is 15.4 Å². The van der Waals surface area contributed by atoms with Crippen molar-refractivity contribution in [2.24, 2.45) is 11.8 Å². The van der Waals surface area contributed by atoms with Crippen LogP contribution in [0, 0.1) is 11.8 Å². The Hall–Kier alpha value is -3.51. The minimum Gasteiger partial charge on any atom is -0.497 e. The Bertz CT molecular complexity index is 1120. The second kappa shape index (κ2) is 15.3. The molecule has 5 unspecified atom stereocenters. The van der Waals surface area contributed by atoms with Gasteiger partial charge in [0.1, 0.15) is 11.4 Å². The average molecular weight is 560 g/mol. The fourth-order valence-corrected chi connectivity index (χ4v) is 4.71. The smallest absolute Gasteiger partial charge is 0.303 e. The number of amides is 2. The monoisotopic (exact) mass is 559 g/mol. The molecule has 1 saturated heterocycles. The van der Waals surface area contributed by atoms with Crippen molar-refractivity contribution in [2.75, 3.05) is 20.3 Å². The molecular formula is C28H41N5O7. The van der Waals surface area contributed by atoms with E-state index in [-0.39, 0.29) is 48.6 Å². The lowest BCUT2D eigenvalue weighted by atomic mass is 9.82. The van der Waals surface area contributed by atoms with Gasteiger partial charge in [0, 0.05) is 38.5 Å². The summed E-state index contributed by atoms with van der Waals surface area (Å²) in [5, 5.41) is 23.1. The molecule has 3 rings (SSSR count). The predicted molar refractivity (Wildman–Crippen MR) is 146 cm³/mol. The largest absolute Gasteiger partial charge is 0.497 e. The van der Waals surface area contributed by atoms with E-state index in [0.717, 1.165) is 17.0 Å². The van der Waals surface area contributed by atoms with Crippen molar-refractivity contribution in [2.45, 2.75) is 77.9 Å². The van der Waals surface area contributed by atoms with E-state index in [4.69, 9.17) is 19.3 Å². The summed E-state index contributed by atoms with van der Waals surface area (Å²) in [4.78, 5) is 34.3. The number of carbonyl (C=O) groups is 3. The number of carboxylic acid groups (broad SMARTS) is 1. The van der Waals surface area contributed by atoms with E-state index in [2.05, 4.69) is 34.8 Å². The van der Waals surface area contributed by atoms with Gasteiger partial charge in [-0.3, -0.25) is 14.4 Å². The standard InChI is InChI=1S/C28H41N5O7/c1-18-19(2)27(30-20(3)34)28(39-14-6-5-13-29-25(35)11-8-12-26(36)37)40-24(18)17-33-16-23(31-32-33)21-9-7-10-22(15-21)38-4/h7,9-10,15-16,18-19,24,27-28H,5-6,8,11-14,17H2,1-4H3,(H,29,35)(H,30,34)(H,36,37). The van der Waals surface area contributed by atoms with Crippen LogP contribution in [0.25, 0.3) is 11.3 Å². The van der Waals surface area contributed by atoms with Gasteiger partial charge in [0.25, 0.3) is 0 Å². The lowest BCUT2D eigenvalue weighted by Crippen LogP contribution is -2.58. The Morgan fingerprint density at radius 1 is 1.12 bits per heavy atom. The maximum Gasteiger partial charge on any atom is 0.303 e. The number of aliphatic carboxylic acids is 1. The summed E-state index contributed by atoms with van der Waals surface area (Å²) in [6.07, 6.45) is 2.91. The highest BCUT2D eigenvalue weighted by Crippen LogP contribution is 2.32. The van der Waals surface area contributed by atoms with Gasteiger partial charge in [0.15, 0.2) is 6.29 Å². The van der Waals surface area contributed by atoms with Gasteiger partial charge in [0.2, 0.25) is 11.8 Å². The first-order valence-electron chi connectivity index (χ1n) is 13.7. The second-order valence-electron chi connectivity index (χ2n) is 10.2. The fraction of sp³-hybridized carbons (Fsp3) is 0.607. The molecule has 1 aromatic carbocycles. The first-order chi connectivity index (χ1) is 19.2. The van der Waals surface area contributed by atoms with Gasteiger partial charge < -0.3 is 30.0 Å². The second-order valence-corrected chi connectivity index (χ2v) is 10.2. The molecule has 3 N–H and O–H groups in total. The Morgan fingerprint density at radius 2 is 1.93 bits per heavy atom. The quantitative estimate of drug-likeness (QED) is 0.279. The van der Waals surface area contributed by atoms with Crippen molar-refractivity contribution in [3.63, 3.8) is 0 Å². The van der Waals surface area contributed by atoms with Gasteiger partial charge in [0.05, 0.1) is 32.0 Å². The minimum absolute atomic E-state index is 0.0174. The molecule has 2 heterocycles. The number of hydrogen-bond donors (Lipinski definition) is 3. The van der Waals surface area contributed by atoms with Crippen LogP contribution in [-0.2, 0) is 30.4 Å². The van der Waals surface area contributed by atoms with Crippen molar-refractivity contribution in [1.29, 1.82) is 0 Å². The summed E-state index contributed by atoms with van der Waals surface area (Å²) in [5.74, 6) is -0.275. The third-order valence-corrected chi connectivity index (χ3v) is 7.20. The van der Waals surface area contributed by atoms with Crippen LogP contribution >= 0.6 is 0 Å². The van der Waals surface area contributed by atoms with Gasteiger partial charge in [-0.2, -0.15) is 0 Å². The van der Waals surface area contributed by atoms with Crippen LogP contribution in [0.5, 0.6) is 5.75 Å². The highest BCUT2D eigenvalue weighted by Gasteiger charge is 2.42. The maximum atomic E-state index is 11.9. The number of aromatic nitrogens is 3. The number of ether oxygens (including phenoxy) is 3. The summed E-state index contributed by atoms with van der Waals surface area (Å²) in [6, 6.07) is 7.33. The summed E-state index contributed by atoms with van der Waals surface area (Å²) < 4.78 is 19.6. The summed E-state index contributed by atoms with van der Waals surface area (Å²) in [7, 11) is 1.62. The molecule has 2 amide bonds. The summed E-state index contributed by atoms with van der Waals surface area (Å²) in [6.45, 7) is 7.01. The van der Waals surface area contributed by atoms with Crippen LogP contribution in [0.3, 0.4) is 0 Å². The summed E-state index contributed by atoms with van der Waals surface area (Å²) >= 11 is 0. The van der Waals surface area contributed by atoms with Crippen molar-refractivity contribution < 1.29 is 33.7 Å². The van der Waals surface area contributed by atoms with Crippen LogP contribution in [0.4, 0.5) is 0 Å². The van der Waals surface area contributed by atoms with Crippen molar-refractivity contribution in [1.82, 2.24) is 25.6 Å². The molecule has 0 spiro atoms. The number of benzene rings is 1. The lowest BCUT2D eigenvalue weighted by Gasteiger charge is -2.44. The highest BCUT2D eigenvalue weighted by molar-refractivity contribution is 5.76. The van der Waals surface area contributed by atoms with Crippen molar-refractivity contribution in [3.8, 4) is 17.0 Å². The highest BCUT2D eigenvalue weighted by atomic mass is 16.7. The third kappa shape index (κ3) is 9.30. The van der Waals surface area contributed by atoms with E-state index in [1.807, 2.05) is 30.5 Å². The van der Waals surface area contributed by atoms with Crippen LogP contribution in [0.2, 0.25) is 0 Å². The summed E-state index contributed by atoms with van der Waals surface area (Å²) in [5.41, 5.74) is 1.63. The van der Waals surface area contributed by atoms with E-state index in [1.165, 1.54) is 6.92 Å². The SMILES string of the molecule is COc1cccc(-c2cn(CC3OC(OCCCCNC(=O)CCCC(=O)O)C(NC(C)=O)C(C)C3C)nn2)c1. The molecule has 1 fully saturated rings. The molecule has 220 valence electrons. The number of nitrogens with zero attached hydrogens (tertiary/aromatic N) is 3. The van der Waals surface area contributed by atoms with E-state index < -0.39 is 12.3 Å². The zero-order valence-corrected chi connectivity index (χ0v) is 23.7. The molecule has 5 atom stereocenters. The number of carboxylic acids is 1. The fourth-order valence-electron chi connectivity index (χ4n) is 4.71. The van der Waals surface area contributed by atoms with E-state index in [9.17, 15) is 14.4 Å². The first kappa shape index (κ1) is 31.0. The molecule has 0 saturated carbocycles. The Morgan fingerprint density at radius 3 is 2.65 bits per heavy atom. The Labute approximate surface area is 234 Å². The van der Waals surface area contributed by atoms with Crippen LogP contribution in [-0.4, -0.2) is 76.6 Å². The molecular weight excluding hydrogens is 518 g/mol. The molecule has 0 aliphatic carbocycles. The number of carbonyl (C=O) groups excluding carboxylic acids is 2. The van der Waals surface area contributed by atoms with Gasteiger partial charge in [-0.25, -0.2) is 4.68 Å². The average Bonchev–Trinajstić information content (AvgIpc) is 3.39. The minimum atomic E-state index is -0.905. The molecule has 1 aromatic heterocycles. The molecule has 0 radical (unpaired) electrons. The Kier molecular flexibility index (Phi) is 11.9. The number of rotatable bonds is 15. The van der Waals surface area contributed by atoms with E-state index >= 15 is 0 Å². The molecule has 1 aliphatic rings. The van der Waals surface area contributed by atoms with E-state index in [0.29, 0.717) is 39.0 Å². The molecule has 0 bridgehead atoms. The van der Waals surface area contributed by atoms with Gasteiger partial charge in [-0.1, -0.05) is 31.2 Å². The molecule has 1 aliphatic heterocycles. The Balaban J connectivity index is 1.53. The van der Waals surface area contributed by atoms with Crippen molar-refractivity contribution in [3.05, 3.63) is 30.5 Å². The zero-order chi connectivity index (χ0) is 29.1. The number of methoxy groups -OCH3 is 1.